The molecule has 0 saturated carbocycles. The zero-order chi connectivity index (χ0) is 16.0. The van der Waals surface area contributed by atoms with Crippen LogP contribution < -0.4 is 0 Å². The molecule has 22 heavy (non-hydrogen) atoms. The van der Waals surface area contributed by atoms with Crippen LogP contribution in [0.1, 0.15) is 70.6 Å². The highest BCUT2D eigenvalue weighted by atomic mass is 16.4. The number of aldehydes is 1. The van der Waals surface area contributed by atoms with Gasteiger partial charge < -0.3 is 9.90 Å². The number of rotatable bonds is 13. The van der Waals surface area contributed by atoms with Crippen molar-refractivity contribution in [2.75, 3.05) is 0 Å². The van der Waals surface area contributed by atoms with Crippen LogP contribution in [0, 0.1) is 11.8 Å². The normalized spacial score (nSPS) is 18.8. The smallest absolute Gasteiger partial charge is 0.303 e. The molecule has 0 aromatic rings. The minimum absolute atomic E-state index is 0.227. The molecule has 0 bridgehead atoms. The maximum atomic E-state index is 11.1. The molecular weight excluding hydrogens is 276 g/mol. The molecular formula is C19H30O3. The first-order valence-corrected chi connectivity index (χ1v) is 8.72. The number of unbranched alkanes of at least 4 members (excludes halogenated alkanes) is 5. The lowest BCUT2D eigenvalue weighted by Crippen LogP contribution is -2.12. The van der Waals surface area contributed by atoms with Crippen molar-refractivity contribution in [1.29, 1.82) is 0 Å². The van der Waals surface area contributed by atoms with Gasteiger partial charge in [0.15, 0.2) is 0 Å². The van der Waals surface area contributed by atoms with Gasteiger partial charge in [0, 0.05) is 12.3 Å². The van der Waals surface area contributed by atoms with Crippen molar-refractivity contribution in [3.63, 3.8) is 0 Å². The van der Waals surface area contributed by atoms with Crippen molar-refractivity contribution in [2.24, 2.45) is 11.8 Å². The van der Waals surface area contributed by atoms with Crippen molar-refractivity contribution < 1.29 is 14.7 Å². The summed E-state index contributed by atoms with van der Waals surface area (Å²) >= 11 is 0. The van der Waals surface area contributed by atoms with Gasteiger partial charge in [-0.05, 0) is 44.4 Å². The third-order valence-electron chi connectivity index (χ3n) is 4.37. The Labute approximate surface area is 134 Å². The van der Waals surface area contributed by atoms with Crippen LogP contribution in [-0.4, -0.2) is 17.4 Å². The molecule has 1 rings (SSSR count). The number of carboxylic acid groups (broad SMARTS) is 1. The largest absolute Gasteiger partial charge is 0.481 e. The van der Waals surface area contributed by atoms with Crippen molar-refractivity contribution in [1.82, 2.24) is 0 Å². The summed E-state index contributed by atoms with van der Waals surface area (Å²) in [6.07, 6.45) is 20.9. The first-order valence-electron chi connectivity index (χ1n) is 8.72. The first kappa shape index (κ1) is 18.7. The topological polar surface area (TPSA) is 54.4 Å². The molecule has 3 heteroatoms. The molecule has 0 aromatic heterocycles. The number of carbonyl (C=O) groups excluding carboxylic acids is 1. The molecule has 2 atom stereocenters. The van der Waals surface area contributed by atoms with E-state index in [-0.39, 0.29) is 12.3 Å². The number of allylic oxidation sites excluding steroid dienone is 4. The van der Waals surface area contributed by atoms with Crippen LogP contribution in [0.15, 0.2) is 24.3 Å². The number of carboxylic acids is 1. The van der Waals surface area contributed by atoms with Crippen LogP contribution in [0.25, 0.3) is 0 Å². The highest BCUT2D eigenvalue weighted by Crippen LogP contribution is 2.27. The van der Waals surface area contributed by atoms with Crippen molar-refractivity contribution in [2.45, 2.75) is 70.6 Å². The maximum Gasteiger partial charge on any atom is 0.303 e. The average Bonchev–Trinajstić information content (AvgIpc) is 3.02. The second-order valence-electron chi connectivity index (χ2n) is 6.22. The summed E-state index contributed by atoms with van der Waals surface area (Å²) in [6, 6.07) is 0. The van der Waals surface area contributed by atoms with Gasteiger partial charge in [-0.1, -0.05) is 50.0 Å². The Morgan fingerprint density at radius 3 is 2.55 bits per heavy atom. The maximum absolute atomic E-state index is 11.1. The molecule has 1 aliphatic rings. The molecule has 1 aliphatic carbocycles. The molecule has 0 aromatic carbocycles. The van der Waals surface area contributed by atoms with Crippen LogP contribution in [0.4, 0.5) is 0 Å². The molecule has 0 spiro atoms. The highest BCUT2D eigenvalue weighted by Gasteiger charge is 2.20. The van der Waals surface area contributed by atoms with Gasteiger partial charge in [0.2, 0.25) is 0 Å². The Morgan fingerprint density at radius 2 is 1.86 bits per heavy atom. The Kier molecular flexibility index (Phi) is 10.3. The van der Waals surface area contributed by atoms with Gasteiger partial charge in [-0.25, -0.2) is 0 Å². The molecule has 0 radical (unpaired) electrons. The van der Waals surface area contributed by atoms with Gasteiger partial charge in [0.25, 0.3) is 0 Å². The summed E-state index contributed by atoms with van der Waals surface area (Å²) in [6.45, 7) is 0. The quantitative estimate of drug-likeness (QED) is 0.298. The predicted octanol–water partition coefficient (Wildman–Crippen LogP) is 4.92. The van der Waals surface area contributed by atoms with Crippen LogP contribution in [0.3, 0.4) is 0 Å². The van der Waals surface area contributed by atoms with E-state index in [1.807, 2.05) is 6.08 Å². The Balaban J connectivity index is 1.91. The minimum Gasteiger partial charge on any atom is -0.481 e. The van der Waals surface area contributed by atoms with E-state index in [1.165, 1.54) is 25.7 Å². The molecule has 3 nitrogen and oxygen atoms in total. The van der Waals surface area contributed by atoms with Gasteiger partial charge in [-0.3, -0.25) is 4.79 Å². The second-order valence-corrected chi connectivity index (χ2v) is 6.22. The SMILES string of the molecule is O=C[C@@H](CCCCCCC/C=C/CCC(=O)O)[C@@H]1C=CCC1. The molecule has 0 heterocycles. The van der Waals surface area contributed by atoms with Crippen molar-refractivity contribution in [3.8, 4) is 0 Å². The zero-order valence-corrected chi connectivity index (χ0v) is 13.6. The lowest BCUT2D eigenvalue weighted by molar-refractivity contribution is -0.136. The van der Waals surface area contributed by atoms with Gasteiger partial charge in [0.1, 0.15) is 6.29 Å². The standard InChI is InChI=1S/C19H30O3/c20-16-18(17-12-10-11-13-17)14-8-6-4-2-1-3-5-7-9-15-19(21)22/h5,7,10,12,16-18H,1-4,6,8-9,11,13-15H2,(H,21,22)/b7-5+/t17-,18-/m1/s1. The molecule has 124 valence electrons. The summed E-state index contributed by atoms with van der Waals surface area (Å²) in [4.78, 5) is 21.5. The fourth-order valence-electron chi connectivity index (χ4n) is 3.01. The van der Waals surface area contributed by atoms with Gasteiger partial charge in [-0.15, -0.1) is 0 Å². The molecule has 0 aliphatic heterocycles. The van der Waals surface area contributed by atoms with Gasteiger partial charge in [-0.2, -0.15) is 0 Å². The summed E-state index contributed by atoms with van der Waals surface area (Å²) in [7, 11) is 0. The third kappa shape index (κ3) is 8.81. The lowest BCUT2D eigenvalue weighted by Gasteiger charge is -2.15. The fourth-order valence-corrected chi connectivity index (χ4v) is 3.01. The summed E-state index contributed by atoms with van der Waals surface area (Å²) < 4.78 is 0. The van der Waals surface area contributed by atoms with Crippen LogP contribution in [-0.2, 0) is 9.59 Å². The Bertz CT molecular complexity index is 371. The molecule has 0 unspecified atom stereocenters. The van der Waals surface area contributed by atoms with E-state index in [0.717, 1.165) is 38.4 Å². The molecule has 1 N–H and O–H groups in total. The van der Waals surface area contributed by atoms with Crippen LogP contribution in [0.2, 0.25) is 0 Å². The first-order chi connectivity index (χ1) is 10.7. The Morgan fingerprint density at radius 1 is 1.14 bits per heavy atom. The second kappa shape index (κ2) is 12.2. The molecule has 0 saturated heterocycles. The third-order valence-corrected chi connectivity index (χ3v) is 4.37. The van der Waals surface area contributed by atoms with E-state index in [1.54, 1.807) is 0 Å². The van der Waals surface area contributed by atoms with Gasteiger partial charge >= 0.3 is 5.97 Å². The van der Waals surface area contributed by atoms with E-state index in [9.17, 15) is 9.59 Å². The van der Waals surface area contributed by atoms with E-state index < -0.39 is 5.97 Å². The van der Waals surface area contributed by atoms with E-state index >= 15 is 0 Å². The van der Waals surface area contributed by atoms with Crippen LogP contribution in [0.5, 0.6) is 0 Å². The number of carbonyl (C=O) groups is 2. The summed E-state index contributed by atoms with van der Waals surface area (Å²) in [5.74, 6) is -0.00395. The monoisotopic (exact) mass is 306 g/mol. The predicted molar refractivity (Wildman–Crippen MR) is 89.7 cm³/mol. The fraction of sp³-hybridized carbons (Fsp3) is 0.684. The number of hydrogen-bond donors (Lipinski definition) is 1. The van der Waals surface area contributed by atoms with Gasteiger partial charge in [0.05, 0.1) is 0 Å². The number of aliphatic carboxylic acids is 1. The van der Waals surface area contributed by atoms with Crippen LogP contribution >= 0.6 is 0 Å². The van der Waals surface area contributed by atoms with Crippen molar-refractivity contribution in [3.05, 3.63) is 24.3 Å². The van der Waals surface area contributed by atoms with E-state index in [2.05, 4.69) is 18.2 Å². The summed E-state index contributed by atoms with van der Waals surface area (Å²) in [5, 5.41) is 8.50. The zero-order valence-electron chi connectivity index (χ0n) is 13.6. The molecule has 0 amide bonds. The van der Waals surface area contributed by atoms with Crippen molar-refractivity contribution >= 4 is 12.3 Å². The highest BCUT2D eigenvalue weighted by molar-refractivity contribution is 5.66. The molecule has 0 fully saturated rings. The average molecular weight is 306 g/mol. The Hall–Kier alpha value is -1.38. The van der Waals surface area contributed by atoms with E-state index in [4.69, 9.17) is 5.11 Å². The lowest BCUT2D eigenvalue weighted by atomic mass is 9.88. The minimum atomic E-state index is -0.730. The number of hydrogen-bond acceptors (Lipinski definition) is 2. The van der Waals surface area contributed by atoms with E-state index in [0.29, 0.717) is 12.3 Å². The summed E-state index contributed by atoms with van der Waals surface area (Å²) in [5.41, 5.74) is 0.